The Hall–Kier alpha value is -1.55. The van der Waals surface area contributed by atoms with E-state index in [9.17, 15) is 4.79 Å². The van der Waals surface area contributed by atoms with Crippen LogP contribution in [0.5, 0.6) is 5.75 Å². The molecule has 0 aliphatic rings. The van der Waals surface area contributed by atoms with E-state index < -0.39 is 0 Å². The number of rotatable bonds is 6. The Kier molecular flexibility index (Phi) is 5.65. The van der Waals surface area contributed by atoms with Gasteiger partial charge in [-0.3, -0.25) is 4.79 Å². The molecule has 1 aromatic rings. The van der Waals surface area contributed by atoms with Crippen LogP contribution in [0.1, 0.15) is 22.8 Å². The van der Waals surface area contributed by atoms with Gasteiger partial charge < -0.3 is 15.4 Å². The molecule has 0 spiro atoms. The van der Waals surface area contributed by atoms with E-state index in [0.717, 1.165) is 17.9 Å². The third-order valence-electron chi connectivity index (χ3n) is 2.83. The summed E-state index contributed by atoms with van der Waals surface area (Å²) in [5.41, 5.74) is 1.66. The number of hydrogen-bond donors (Lipinski definition) is 2. The summed E-state index contributed by atoms with van der Waals surface area (Å²) in [4.78, 5) is 11.9. The van der Waals surface area contributed by atoms with E-state index in [-0.39, 0.29) is 5.91 Å². The number of ether oxygens (including phenoxy) is 1. The maximum atomic E-state index is 11.9. The van der Waals surface area contributed by atoms with E-state index in [0.29, 0.717) is 18.0 Å². The minimum Gasteiger partial charge on any atom is -0.496 e. The van der Waals surface area contributed by atoms with Crippen LogP contribution >= 0.6 is 0 Å². The fraction of sp³-hybridized carbons (Fsp3) is 0.500. The topological polar surface area (TPSA) is 50.4 Å². The monoisotopic (exact) mass is 250 g/mol. The third kappa shape index (κ3) is 4.04. The van der Waals surface area contributed by atoms with E-state index in [4.69, 9.17) is 4.74 Å². The van der Waals surface area contributed by atoms with Gasteiger partial charge in [0.1, 0.15) is 5.75 Å². The zero-order valence-electron chi connectivity index (χ0n) is 11.5. The first kappa shape index (κ1) is 14.5. The molecule has 2 N–H and O–H groups in total. The zero-order chi connectivity index (χ0) is 13.5. The van der Waals surface area contributed by atoms with Crippen molar-refractivity contribution in [3.63, 3.8) is 0 Å². The number of hydrogen-bond acceptors (Lipinski definition) is 3. The highest BCUT2D eigenvalue weighted by Crippen LogP contribution is 2.18. The Bertz CT molecular complexity index is 405. The van der Waals surface area contributed by atoms with Crippen LogP contribution in [-0.2, 0) is 0 Å². The molecule has 4 heteroatoms. The molecule has 1 aromatic carbocycles. The lowest BCUT2D eigenvalue weighted by atomic mass is 10.1. The molecule has 0 radical (unpaired) electrons. The lowest BCUT2D eigenvalue weighted by molar-refractivity contribution is 0.0948. The Morgan fingerprint density at radius 2 is 2.11 bits per heavy atom. The highest BCUT2D eigenvalue weighted by Gasteiger charge is 2.09. The molecular weight excluding hydrogens is 228 g/mol. The average molecular weight is 250 g/mol. The number of benzene rings is 1. The first-order chi connectivity index (χ1) is 8.58. The first-order valence-corrected chi connectivity index (χ1v) is 6.16. The minimum atomic E-state index is -0.0590. The van der Waals surface area contributed by atoms with Crippen LogP contribution in [0.2, 0.25) is 0 Å². The second kappa shape index (κ2) is 7.01. The van der Waals surface area contributed by atoms with Crippen LogP contribution in [0.4, 0.5) is 0 Å². The normalized spacial score (nSPS) is 12.0. The van der Waals surface area contributed by atoms with Crippen LogP contribution in [0.3, 0.4) is 0 Å². The number of carbonyl (C=O) groups is 1. The second-order valence-electron chi connectivity index (χ2n) is 4.56. The number of carbonyl (C=O) groups excluding carboxylic acids is 1. The Balaban J connectivity index is 2.61. The molecule has 0 aliphatic carbocycles. The summed E-state index contributed by atoms with van der Waals surface area (Å²) in [5.74, 6) is 1.09. The lowest BCUT2D eigenvalue weighted by Crippen LogP contribution is -2.32. The molecule has 1 atom stereocenters. The van der Waals surface area contributed by atoms with Crippen molar-refractivity contribution in [3.05, 3.63) is 29.3 Å². The van der Waals surface area contributed by atoms with E-state index in [1.807, 2.05) is 26.1 Å². The molecule has 1 amide bonds. The van der Waals surface area contributed by atoms with Crippen molar-refractivity contribution in [2.75, 3.05) is 27.2 Å². The van der Waals surface area contributed by atoms with Crippen molar-refractivity contribution in [3.8, 4) is 5.75 Å². The summed E-state index contributed by atoms with van der Waals surface area (Å²) in [6.07, 6.45) is 0. The molecule has 4 nitrogen and oxygen atoms in total. The minimum absolute atomic E-state index is 0.0590. The molecule has 0 bridgehead atoms. The fourth-order valence-electron chi connectivity index (χ4n) is 1.75. The SMILES string of the molecule is CNCC(C)CNC(=O)c1ccc(C)c(OC)c1. The van der Waals surface area contributed by atoms with Crippen molar-refractivity contribution >= 4 is 5.91 Å². The van der Waals surface area contributed by atoms with E-state index in [2.05, 4.69) is 17.6 Å². The summed E-state index contributed by atoms with van der Waals surface area (Å²) in [7, 11) is 3.52. The van der Waals surface area contributed by atoms with Gasteiger partial charge in [0.2, 0.25) is 0 Å². The largest absolute Gasteiger partial charge is 0.496 e. The molecule has 0 saturated carbocycles. The predicted octanol–water partition coefficient (Wildman–Crippen LogP) is 1.59. The highest BCUT2D eigenvalue weighted by molar-refractivity contribution is 5.94. The van der Waals surface area contributed by atoms with E-state index >= 15 is 0 Å². The quantitative estimate of drug-likeness (QED) is 0.806. The van der Waals surface area contributed by atoms with Crippen molar-refractivity contribution in [1.82, 2.24) is 10.6 Å². The number of amides is 1. The summed E-state index contributed by atoms with van der Waals surface area (Å²) in [6, 6.07) is 5.48. The molecule has 18 heavy (non-hydrogen) atoms. The Morgan fingerprint density at radius 1 is 1.39 bits per heavy atom. The molecule has 0 aliphatic heterocycles. The van der Waals surface area contributed by atoms with Gasteiger partial charge in [0.25, 0.3) is 5.91 Å². The van der Waals surface area contributed by atoms with Crippen molar-refractivity contribution in [2.24, 2.45) is 5.92 Å². The van der Waals surface area contributed by atoms with Crippen LogP contribution in [0.25, 0.3) is 0 Å². The van der Waals surface area contributed by atoms with E-state index in [1.54, 1.807) is 13.2 Å². The zero-order valence-corrected chi connectivity index (χ0v) is 11.5. The molecular formula is C14H22N2O2. The highest BCUT2D eigenvalue weighted by atomic mass is 16.5. The van der Waals surface area contributed by atoms with Gasteiger partial charge in [-0.25, -0.2) is 0 Å². The van der Waals surface area contributed by atoms with Crippen molar-refractivity contribution in [1.29, 1.82) is 0 Å². The van der Waals surface area contributed by atoms with Gasteiger partial charge in [0, 0.05) is 12.1 Å². The van der Waals surface area contributed by atoms with Gasteiger partial charge >= 0.3 is 0 Å². The van der Waals surface area contributed by atoms with Crippen LogP contribution < -0.4 is 15.4 Å². The summed E-state index contributed by atoms with van der Waals surface area (Å²) < 4.78 is 5.21. The lowest BCUT2D eigenvalue weighted by Gasteiger charge is -2.12. The van der Waals surface area contributed by atoms with Gasteiger partial charge in [-0.15, -0.1) is 0 Å². The number of methoxy groups -OCH3 is 1. The van der Waals surface area contributed by atoms with Crippen molar-refractivity contribution in [2.45, 2.75) is 13.8 Å². The average Bonchev–Trinajstić information content (AvgIpc) is 2.37. The van der Waals surface area contributed by atoms with Crippen LogP contribution in [0, 0.1) is 12.8 Å². The first-order valence-electron chi connectivity index (χ1n) is 6.16. The van der Waals surface area contributed by atoms with E-state index in [1.165, 1.54) is 0 Å². The molecule has 1 unspecified atom stereocenters. The standard InChI is InChI=1S/C14H22N2O2/c1-10(8-15-3)9-16-14(17)12-6-5-11(2)13(7-12)18-4/h5-7,10,15H,8-9H2,1-4H3,(H,16,17). The summed E-state index contributed by atoms with van der Waals surface area (Å²) in [6.45, 7) is 5.59. The number of aryl methyl sites for hydroxylation is 1. The molecule has 0 aromatic heterocycles. The fourth-order valence-corrected chi connectivity index (χ4v) is 1.75. The molecule has 0 fully saturated rings. The summed E-state index contributed by atoms with van der Waals surface area (Å²) >= 11 is 0. The molecule has 100 valence electrons. The maximum absolute atomic E-state index is 11.9. The Morgan fingerprint density at radius 3 is 2.72 bits per heavy atom. The molecule has 0 saturated heterocycles. The third-order valence-corrected chi connectivity index (χ3v) is 2.83. The smallest absolute Gasteiger partial charge is 0.251 e. The van der Waals surface area contributed by atoms with Crippen molar-refractivity contribution < 1.29 is 9.53 Å². The predicted molar refractivity (Wildman–Crippen MR) is 73.2 cm³/mol. The van der Waals surface area contributed by atoms with Gasteiger partial charge in [-0.1, -0.05) is 13.0 Å². The van der Waals surface area contributed by atoms with Gasteiger partial charge in [-0.2, -0.15) is 0 Å². The molecule has 1 rings (SSSR count). The van der Waals surface area contributed by atoms with Crippen LogP contribution in [0.15, 0.2) is 18.2 Å². The summed E-state index contributed by atoms with van der Waals surface area (Å²) in [5, 5.41) is 6.01. The van der Waals surface area contributed by atoms with Gasteiger partial charge in [0.05, 0.1) is 7.11 Å². The van der Waals surface area contributed by atoms with Gasteiger partial charge in [0.15, 0.2) is 0 Å². The maximum Gasteiger partial charge on any atom is 0.251 e. The van der Waals surface area contributed by atoms with Crippen LogP contribution in [-0.4, -0.2) is 33.2 Å². The number of nitrogens with one attached hydrogen (secondary N) is 2. The second-order valence-corrected chi connectivity index (χ2v) is 4.56. The Labute approximate surface area is 109 Å². The molecule has 0 heterocycles. The van der Waals surface area contributed by atoms with Gasteiger partial charge in [-0.05, 0) is 44.1 Å².